The summed E-state index contributed by atoms with van der Waals surface area (Å²) in [6.07, 6.45) is 2.35. The molecule has 3 N–H and O–H groups in total. The molecular weight excluding hydrogens is 274 g/mol. The number of hydrogen-bond donors (Lipinski definition) is 2. The van der Waals surface area contributed by atoms with Crippen molar-refractivity contribution in [3.63, 3.8) is 0 Å². The van der Waals surface area contributed by atoms with Crippen LogP contribution in [-0.2, 0) is 0 Å². The van der Waals surface area contributed by atoms with Gasteiger partial charge in [-0.05, 0) is 37.9 Å². The first-order chi connectivity index (χ1) is 9.60. The number of likely N-dealkylation sites (tertiary alicyclic amines) is 1. The predicted octanol–water partition coefficient (Wildman–Crippen LogP) is 1.31. The van der Waals surface area contributed by atoms with E-state index in [2.05, 4.69) is 17.1 Å². The summed E-state index contributed by atoms with van der Waals surface area (Å²) in [5.74, 6) is -0.0921. The van der Waals surface area contributed by atoms with Gasteiger partial charge in [-0.3, -0.25) is 9.59 Å². The molecule has 0 radical (unpaired) electrons. The number of carbonyl (C=O) groups excluding carboxylic acids is 2. The molecule has 0 saturated carbocycles. The molecule has 110 valence electrons. The van der Waals surface area contributed by atoms with Crippen LogP contribution in [0.3, 0.4) is 0 Å². The van der Waals surface area contributed by atoms with Crippen molar-refractivity contribution in [1.29, 1.82) is 0 Å². The van der Waals surface area contributed by atoms with E-state index in [1.165, 1.54) is 17.8 Å². The number of hydrogen-bond acceptors (Lipinski definition) is 4. The number of amides is 2. The van der Waals surface area contributed by atoms with Gasteiger partial charge in [0.2, 0.25) is 5.91 Å². The second kappa shape index (κ2) is 6.85. The lowest BCUT2D eigenvalue weighted by molar-refractivity contribution is 0.0937. The molecule has 20 heavy (non-hydrogen) atoms. The Morgan fingerprint density at radius 1 is 1.55 bits per heavy atom. The van der Waals surface area contributed by atoms with Gasteiger partial charge in [0.05, 0.1) is 10.4 Å². The molecule has 5 nitrogen and oxygen atoms in total. The molecule has 1 unspecified atom stereocenters. The van der Waals surface area contributed by atoms with Crippen LogP contribution < -0.4 is 11.1 Å². The standard InChI is InChI=1S/C14H21N3O2S/c1-2-17-5-3-4-10(8-17)7-16-14(19)12-6-11(9-20-12)13(15)18/h6,9-10H,2-5,7-8H2,1H3,(H2,15,18)(H,16,19). The highest BCUT2D eigenvalue weighted by Crippen LogP contribution is 2.17. The Bertz CT molecular complexity index is 487. The fraction of sp³-hybridized carbons (Fsp3) is 0.571. The normalized spacial score (nSPS) is 19.8. The van der Waals surface area contributed by atoms with Crippen molar-refractivity contribution in [2.45, 2.75) is 19.8 Å². The van der Waals surface area contributed by atoms with E-state index in [0.717, 1.165) is 26.1 Å². The first-order valence-electron chi connectivity index (χ1n) is 6.99. The molecule has 1 aliphatic rings. The number of nitrogens with one attached hydrogen (secondary N) is 1. The van der Waals surface area contributed by atoms with Gasteiger partial charge in [-0.1, -0.05) is 6.92 Å². The van der Waals surface area contributed by atoms with Gasteiger partial charge in [0.25, 0.3) is 5.91 Å². The maximum Gasteiger partial charge on any atom is 0.261 e. The highest BCUT2D eigenvalue weighted by Gasteiger charge is 2.20. The predicted molar refractivity (Wildman–Crippen MR) is 80.0 cm³/mol. The fourth-order valence-corrected chi connectivity index (χ4v) is 3.33. The Hall–Kier alpha value is -1.40. The van der Waals surface area contributed by atoms with E-state index in [1.54, 1.807) is 11.4 Å². The molecule has 1 atom stereocenters. The van der Waals surface area contributed by atoms with Crippen LogP contribution in [0, 0.1) is 5.92 Å². The van der Waals surface area contributed by atoms with Crippen LogP contribution in [0.5, 0.6) is 0 Å². The molecule has 1 saturated heterocycles. The number of carbonyl (C=O) groups is 2. The van der Waals surface area contributed by atoms with E-state index < -0.39 is 5.91 Å². The van der Waals surface area contributed by atoms with Crippen molar-refractivity contribution in [3.8, 4) is 0 Å². The van der Waals surface area contributed by atoms with Crippen molar-refractivity contribution < 1.29 is 9.59 Å². The van der Waals surface area contributed by atoms with Crippen molar-refractivity contribution in [2.75, 3.05) is 26.2 Å². The molecule has 6 heteroatoms. The summed E-state index contributed by atoms with van der Waals surface area (Å²) in [5.41, 5.74) is 5.58. The van der Waals surface area contributed by atoms with Crippen LogP contribution in [0.1, 0.15) is 39.8 Å². The van der Waals surface area contributed by atoms with Gasteiger partial charge in [0.1, 0.15) is 0 Å². The molecule has 1 fully saturated rings. The molecule has 0 aliphatic carbocycles. The first-order valence-corrected chi connectivity index (χ1v) is 7.87. The quantitative estimate of drug-likeness (QED) is 0.860. The van der Waals surface area contributed by atoms with E-state index in [1.807, 2.05) is 0 Å². The van der Waals surface area contributed by atoms with Gasteiger partial charge in [-0.2, -0.15) is 0 Å². The van der Waals surface area contributed by atoms with Crippen LogP contribution >= 0.6 is 11.3 Å². The lowest BCUT2D eigenvalue weighted by atomic mass is 9.98. The van der Waals surface area contributed by atoms with Gasteiger partial charge in [0.15, 0.2) is 0 Å². The third-order valence-corrected chi connectivity index (χ3v) is 4.64. The van der Waals surface area contributed by atoms with E-state index in [4.69, 9.17) is 5.73 Å². The van der Waals surface area contributed by atoms with Gasteiger partial charge in [0, 0.05) is 18.5 Å². The Balaban J connectivity index is 1.83. The number of thiophene rings is 1. The van der Waals surface area contributed by atoms with Crippen LogP contribution in [0.15, 0.2) is 11.4 Å². The minimum absolute atomic E-state index is 0.115. The van der Waals surface area contributed by atoms with Crippen LogP contribution in [-0.4, -0.2) is 42.9 Å². The van der Waals surface area contributed by atoms with E-state index in [0.29, 0.717) is 22.9 Å². The minimum Gasteiger partial charge on any atom is -0.366 e. The van der Waals surface area contributed by atoms with Gasteiger partial charge >= 0.3 is 0 Å². The van der Waals surface area contributed by atoms with Gasteiger partial charge in [-0.15, -0.1) is 11.3 Å². The highest BCUT2D eigenvalue weighted by atomic mass is 32.1. The van der Waals surface area contributed by atoms with Gasteiger partial charge in [-0.25, -0.2) is 0 Å². The Labute approximate surface area is 123 Å². The molecule has 1 aromatic rings. The maximum absolute atomic E-state index is 12.0. The summed E-state index contributed by atoms with van der Waals surface area (Å²) in [4.78, 5) is 26.0. The molecule has 0 spiro atoms. The second-order valence-electron chi connectivity index (χ2n) is 5.18. The van der Waals surface area contributed by atoms with Gasteiger partial charge < -0.3 is 16.0 Å². The number of primary amides is 1. The third kappa shape index (κ3) is 3.80. The summed E-state index contributed by atoms with van der Waals surface area (Å²) in [6, 6.07) is 1.56. The Kier molecular flexibility index (Phi) is 5.14. The smallest absolute Gasteiger partial charge is 0.261 e. The SMILES string of the molecule is CCN1CCCC(CNC(=O)c2cc(C(N)=O)cs2)C1. The zero-order valence-electron chi connectivity index (χ0n) is 11.7. The lowest BCUT2D eigenvalue weighted by Crippen LogP contribution is -2.40. The number of rotatable bonds is 5. The number of piperidine rings is 1. The fourth-order valence-electron chi connectivity index (χ4n) is 2.51. The summed E-state index contributed by atoms with van der Waals surface area (Å²) in [7, 11) is 0. The molecular formula is C14H21N3O2S. The molecule has 2 amide bonds. The Morgan fingerprint density at radius 3 is 3.00 bits per heavy atom. The zero-order chi connectivity index (χ0) is 14.5. The minimum atomic E-state index is -0.494. The second-order valence-corrected chi connectivity index (χ2v) is 6.09. The Morgan fingerprint density at radius 2 is 2.35 bits per heavy atom. The van der Waals surface area contributed by atoms with Crippen molar-refractivity contribution in [1.82, 2.24) is 10.2 Å². The molecule has 2 rings (SSSR count). The number of nitrogens with zero attached hydrogens (tertiary/aromatic N) is 1. The maximum atomic E-state index is 12.0. The zero-order valence-corrected chi connectivity index (χ0v) is 12.5. The van der Waals surface area contributed by atoms with Crippen LogP contribution in [0.2, 0.25) is 0 Å². The van der Waals surface area contributed by atoms with E-state index >= 15 is 0 Å². The third-order valence-electron chi connectivity index (χ3n) is 3.71. The largest absolute Gasteiger partial charge is 0.366 e. The van der Waals surface area contributed by atoms with Crippen molar-refractivity contribution >= 4 is 23.2 Å². The summed E-state index contributed by atoms with van der Waals surface area (Å²) in [6.45, 7) is 6.13. The average Bonchev–Trinajstić information content (AvgIpc) is 2.95. The molecule has 1 aromatic heterocycles. The lowest BCUT2D eigenvalue weighted by Gasteiger charge is -2.31. The average molecular weight is 295 g/mol. The summed E-state index contributed by atoms with van der Waals surface area (Å²) >= 11 is 1.25. The monoisotopic (exact) mass is 295 g/mol. The first kappa shape index (κ1) is 15.0. The van der Waals surface area contributed by atoms with Crippen molar-refractivity contribution in [3.05, 3.63) is 21.9 Å². The topological polar surface area (TPSA) is 75.4 Å². The summed E-state index contributed by atoms with van der Waals surface area (Å²) in [5, 5.41) is 4.58. The van der Waals surface area contributed by atoms with Crippen molar-refractivity contribution in [2.24, 2.45) is 11.7 Å². The van der Waals surface area contributed by atoms with E-state index in [9.17, 15) is 9.59 Å². The van der Waals surface area contributed by atoms with Crippen LogP contribution in [0.25, 0.3) is 0 Å². The molecule has 1 aliphatic heterocycles. The number of nitrogens with two attached hydrogens (primary N) is 1. The molecule has 0 bridgehead atoms. The van der Waals surface area contributed by atoms with Crippen LogP contribution in [0.4, 0.5) is 0 Å². The molecule has 0 aromatic carbocycles. The van der Waals surface area contributed by atoms with E-state index in [-0.39, 0.29) is 5.91 Å². The summed E-state index contributed by atoms with van der Waals surface area (Å²) < 4.78 is 0. The highest BCUT2D eigenvalue weighted by molar-refractivity contribution is 7.12. The molecule has 2 heterocycles.